The molecule has 0 bridgehead atoms. The standard InChI is InChI=1S/C10H14BrNO2S/c1-10(2,3)7-15(13,14)9-4-8(11)5-12-6-9/h4-6H,7H2,1-3H3. The molecule has 0 aromatic carbocycles. The van der Waals surface area contributed by atoms with Gasteiger partial charge in [-0.25, -0.2) is 8.42 Å². The summed E-state index contributed by atoms with van der Waals surface area (Å²) in [5.41, 5.74) is -0.249. The number of nitrogens with zero attached hydrogens (tertiary/aromatic N) is 1. The summed E-state index contributed by atoms with van der Waals surface area (Å²) < 4.78 is 24.6. The van der Waals surface area contributed by atoms with E-state index in [0.717, 1.165) is 0 Å². The highest BCUT2D eigenvalue weighted by molar-refractivity contribution is 9.10. The highest BCUT2D eigenvalue weighted by Crippen LogP contribution is 2.22. The van der Waals surface area contributed by atoms with Crippen LogP contribution in [0.3, 0.4) is 0 Å². The average molecular weight is 292 g/mol. The molecule has 3 nitrogen and oxygen atoms in total. The fraction of sp³-hybridized carbons (Fsp3) is 0.500. The SMILES string of the molecule is CC(C)(C)CS(=O)(=O)c1cncc(Br)c1. The Labute approximate surface area is 99.0 Å². The number of sulfone groups is 1. The van der Waals surface area contributed by atoms with Crippen LogP contribution in [0.15, 0.2) is 27.8 Å². The summed E-state index contributed by atoms with van der Waals surface area (Å²) >= 11 is 3.21. The quantitative estimate of drug-likeness (QED) is 0.842. The zero-order valence-electron chi connectivity index (χ0n) is 8.99. The largest absolute Gasteiger partial charge is 0.262 e. The van der Waals surface area contributed by atoms with Crippen molar-refractivity contribution < 1.29 is 8.42 Å². The van der Waals surface area contributed by atoms with Crippen molar-refractivity contribution in [3.05, 3.63) is 22.9 Å². The van der Waals surface area contributed by atoms with Crippen molar-refractivity contribution in [3.8, 4) is 0 Å². The zero-order chi connectivity index (χ0) is 11.7. The molecule has 0 N–H and O–H groups in total. The highest BCUT2D eigenvalue weighted by Gasteiger charge is 2.23. The van der Waals surface area contributed by atoms with Gasteiger partial charge < -0.3 is 0 Å². The fourth-order valence-corrected chi connectivity index (χ4v) is 3.57. The number of hydrogen-bond donors (Lipinski definition) is 0. The molecule has 0 saturated heterocycles. The lowest BCUT2D eigenvalue weighted by Crippen LogP contribution is -2.20. The first kappa shape index (κ1) is 12.6. The Bertz CT molecular complexity index is 449. The monoisotopic (exact) mass is 291 g/mol. The molecule has 1 aromatic rings. The van der Waals surface area contributed by atoms with Crippen LogP contribution in [0.2, 0.25) is 0 Å². The molecule has 0 spiro atoms. The van der Waals surface area contributed by atoms with Gasteiger partial charge in [-0.05, 0) is 27.4 Å². The van der Waals surface area contributed by atoms with Crippen LogP contribution >= 0.6 is 15.9 Å². The van der Waals surface area contributed by atoms with E-state index in [0.29, 0.717) is 4.47 Å². The molecule has 1 heterocycles. The van der Waals surface area contributed by atoms with Gasteiger partial charge >= 0.3 is 0 Å². The van der Waals surface area contributed by atoms with Gasteiger partial charge in [0, 0.05) is 16.9 Å². The van der Waals surface area contributed by atoms with E-state index < -0.39 is 9.84 Å². The predicted molar refractivity (Wildman–Crippen MR) is 63.4 cm³/mol. The van der Waals surface area contributed by atoms with Crippen molar-refractivity contribution in [2.24, 2.45) is 5.41 Å². The molecule has 0 saturated carbocycles. The molecule has 0 amide bonds. The van der Waals surface area contributed by atoms with E-state index in [1.54, 1.807) is 12.3 Å². The number of halogens is 1. The second kappa shape index (κ2) is 4.22. The molecule has 1 rings (SSSR count). The van der Waals surface area contributed by atoms with Gasteiger partial charge in [-0.2, -0.15) is 0 Å². The summed E-state index contributed by atoms with van der Waals surface area (Å²) in [5, 5.41) is 0. The van der Waals surface area contributed by atoms with Crippen molar-refractivity contribution in [3.63, 3.8) is 0 Å². The Hall–Kier alpha value is -0.420. The molecule has 1 aromatic heterocycles. The van der Waals surface area contributed by atoms with Crippen molar-refractivity contribution >= 4 is 25.8 Å². The van der Waals surface area contributed by atoms with Crippen LogP contribution in [-0.2, 0) is 9.84 Å². The summed E-state index contributed by atoms with van der Waals surface area (Å²) in [6.07, 6.45) is 2.95. The van der Waals surface area contributed by atoms with Crippen LogP contribution in [-0.4, -0.2) is 19.2 Å². The predicted octanol–water partition coefficient (Wildman–Crippen LogP) is 2.66. The van der Waals surface area contributed by atoms with Gasteiger partial charge in [-0.3, -0.25) is 4.98 Å². The first-order chi connectivity index (χ1) is 6.71. The van der Waals surface area contributed by atoms with Crippen molar-refractivity contribution in [2.75, 3.05) is 5.75 Å². The summed E-state index contributed by atoms with van der Waals surface area (Å²) in [6.45, 7) is 5.70. The van der Waals surface area contributed by atoms with Crippen LogP contribution in [0.5, 0.6) is 0 Å². The maximum Gasteiger partial charge on any atom is 0.180 e. The lowest BCUT2D eigenvalue weighted by atomic mass is 10.0. The molecule has 0 unspecified atom stereocenters. The maximum atomic E-state index is 11.9. The average Bonchev–Trinajstić information content (AvgIpc) is 1.99. The van der Waals surface area contributed by atoms with Gasteiger partial charge in [0.05, 0.1) is 10.6 Å². The van der Waals surface area contributed by atoms with E-state index in [-0.39, 0.29) is 16.1 Å². The Morgan fingerprint density at radius 2 is 1.93 bits per heavy atom. The molecule has 5 heteroatoms. The first-order valence-electron chi connectivity index (χ1n) is 4.54. The summed E-state index contributed by atoms with van der Waals surface area (Å²) in [6, 6.07) is 1.58. The molecule has 0 aliphatic heterocycles. The van der Waals surface area contributed by atoms with E-state index in [2.05, 4.69) is 20.9 Å². The zero-order valence-corrected chi connectivity index (χ0v) is 11.4. The van der Waals surface area contributed by atoms with Crippen molar-refractivity contribution in [1.29, 1.82) is 0 Å². The molecule has 15 heavy (non-hydrogen) atoms. The van der Waals surface area contributed by atoms with Crippen molar-refractivity contribution in [1.82, 2.24) is 4.98 Å². The van der Waals surface area contributed by atoms with Gasteiger partial charge in [0.15, 0.2) is 9.84 Å². The molecule has 0 fully saturated rings. The number of rotatable bonds is 2. The highest BCUT2D eigenvalue weighted by atomic mass is 79.9. The summed E-state index contributed by atoms with van der Waals surface area (Å²) in [7, 11) is -3.23. The molecular formula is C10H14BrNO2S. The minimum Gasteiger partial charge on any atom is -0.262 e. The topological polar surface area (TPSA) is 47.0 Å². The third-order valence-corrected chi connectivity index (χ3v) is 4.28. The fourth-order valence-electron chi connectivity index (χ4n) is 1.22. The van der Waals surface area contributed by atoms with Crippen molar-refractivity contribution in [2.45, 2.75) is 25.7 Å². The van der Waals surface area contributed by atoms with Gasteiger partial charge in [0.2, 0.25) is 0 Å². The van der Waals surface area contributed by atoms with Crippen LogP contribution in [0, 0.1) is 5.41 Å². The molecule has 0 aliphatic carbocycles. The molecule has 0 radical (unpaired) electrons. The van der Waals surface area contributed by atoms with Crippen LogP contribution in [0.4, 0.5) is 0 Å². The molecule has 84 valence electrons. The van der Waals surface area contributed by atoms with Crippen LogP contribution in [0.25, 0.3) is 0 Å². The second-order valence-corrected chi connectivity index (χ2v) is 7.56. The lowest BCUT2D eigenvalue weighted by molar-refractivity contribution is 0.461. The van der Waals surface area contributed by atoms with E-state index >= 15 is 0 Å². The molecule has 0 aliphatic rings. The minimum atomic E-state index is -3.23. The Balaban J connectivity index is 3.07. The third kappa shape index (κ3) is 3.91. The smallest absolute Gasteiger partial charge is 0.180 e. The number of hydrogen-bond acceptors (Lipinski definition) is 3. The van der Waals surface area contributed by atoms with E-state index in [1.807, 2.05) is 20.8 Å². The Kier molecular flexibility index (Phi) is 3.55. The van der Waals surface area contributed by atoms with Gasteiger partial charge in [-0.1, -0.05) is 20.8 Å². The second-order valence-electron chi connectivity index (χ2n) is 4.66. The van der Waals surface area contributed by atoms with Gasteiger partial charge in [0.1, 0.15) is 0 Å². The number of aromatic nitrogens is 1. The Morgan fingerprint density at radius 1 is 1.33 bits per heavy atom. The number of pyridine rings is 1. The van der Waals surface area contributed by atoms with Gasteiger partial charge in [-0.15, -0.1) is 0 Å². The first-order valence-corrected chi connectivity index (χ1v) is 6.99. The molecule has 0 atom stereocenters. The molecular weight excluding hydrogens is 278 g/mol. The third-order valence-electron chi connectivity index (χ3n) is 1.66. The maximum absolute atomic E-state index is 11.9. The normalized spacial score (nSPS) is 12.8. The summed E-state index contributed by atoms with van der Waals surface area (Å²) in [4.78, 5) is 4.12. The van der Waals surface area contributed by atoms with E-state index in [4.69, 9.17) is 0 Å². The minimum absolute atomic E-state index is 0.123. The van der Waals surface area contributed by atoms with E-state index in [1.165, 1.54) is 6.20 Å². The van der Waals surface area contributed by atoms with Crippen LogP contribution < -0.4 is 0 Å². The Morgan fingerprint density at radius 3 is 2.40 bits per heavy atom. The van der Waals surface area contributed by atoms with E-state index in [9.17, 15) is 8.42 Å². The van der Waals surface area contributed by atoms with Gasteiger partial charge in [0.25, 0.3) is 0 Å². The summed E-state index contributed by atoms with van der Waals surface area (Å²) in [5.74, 6) is 0.123. The van der Waals surface area contributed by atoms with Crippen LogP contribution in [0.1, 0.15) is 20.8 Å². The lowest BCUT2D eigenvalue weighted by Gasteiger charge is -2.17.